The van der Waals surface area contributed by atoms with Crippen LogP contribution < -0.4 is 5.32 Å². The molecule has 1 atom stereocenters. The third kappa shape index (κ3) is 2.77. The highest BCUT2D eigenvalue weighted by molar-refractivity contribution is 8.00. The van der Waals surface area contributed by atoms with Crippen LogP contribution in [-0.2, 0) is 6.42 Å². The van der Waals surface area contributed by atoms with Crippen molar-refractivity contribution in [1.82, 2.24) is 5.32 Å². The third-order valence-electron chi connectivity index (χ3n) is 2.48. The van der Waals surface area contributed by atoms with E-state index in [1.165, 1.54) is 16.9 Å². The van der Waals surface area contributed by atoms with Gasteiger partial charge in [-0.05, 0) is 25.0 Å². The van der Waals surface area contributed by atoms with Crippen LogP contribution in [-0.4, -0.2) is 18.3 Å². The van der Waals surface area contributed by atoms with Crippen molar-refractivity contribution >= 4 is 11.8 Å². The number of nitrogens with one attached hydrogen (secondary N) is 1. The second-order valence-corrected chi connectivity index (χ2v) is 4.95. The van der Waals surface area contributed by atoms with Gasteiger partial charge in [0, 0.05) is 16.7 Å². The first-order chi connectivity index (χ1) is 7.40. The fourth-order valence-electron chi connectivity index (χ4n) is 1.75. The summed E-state index contributed by atoms with van der Waals surface area (Å²) in [5.41, 5.74) is 1.50. The highest BCUT2D eigenvalue weighted by Gasteiger charge is 2.20. The SMILES string of the molecule is CC#CCNCC1Cc2ccccc2S1. The van der Waals surface area contributed by atoms with Gasteiger partial charge in [0.15, 0.2) is 0 Å². The van der Waals surface area contributed by atoms with Crippen molar-refractivity contribution < 1.29 is 0 Å². The van der Waals surface area contributed by atoms with Crippen LogP contribution in [0.4, 0.5) is 0 Å². The predicted octanol–water partition coefficient (Wildman–Crippen LogP) is 2.32. The molecule has 2 rings (SSSR count). The molecule has 1 unspecified atom stereocenters. The van der Waals surface area contributed by atoms with Gasteiger partial charge in [0.05, 0.1) is 6.54 Å². The maximum atomic E-state index is 3.37. The zero-order valence-corrected chi connectivity index (χ0v) is 9.73. The van der Waals surface area contributed by atoms with Gasteiger partial charge in [-0.25, -0.2) is 0 Å². The highest BCUT2D eigenvalue weighted by atomic mass is 32.2. The van der Waals surface area contributed by atoms with Crippen LogP contribution in [0.25, 0.3) is 0 Å². The second-order valence-electron chi connectivity index (χ2n) is 3.61. The Kier molecular flexibility index (Phi) is 3.71. The Balaban J connectivity index is 1.82. The van der Waals surface area contributed by atoms with E-state index in [9.17, 15) is 0 Å². The first-order valence-corrected chi connectivity index (χ1v) is 6.13. The molecule has 0 saturated carbocycles. The van der Waals surface area contributed by atoms with Crippen LogP contribution in [0.3, 0.4) is 0 Å². The van der Waals surface area contributed by atoms with E-state index in [1.807, 2.05) is 18.7 Å². The molecule has 0 aliphatic carbocycles. The molecule has 15 heavy (non-hydrogen) atoms. The van der Waals surface area contributed by atoms with Crippen molar-refractivity contribution in [2.75, 3.05) is 13.1 Å². The third-order valence-corrected chi connectivity index (χ3v) is 3.79. The lowest BCUT2D eigenvalue weighted by Gasteiger charge is -2.07. The topological polar surface area (TPSA) is 12.0 Å². The van der Waals surface area contributed by atoms with Crippen molar-refractivity contribution in [2.45, 2.75) is 23.5 Å². The van der Waals surface area contributed by atoms with Crippen molar-refractivity contribution in [3.63, 3.8) is 0 Å². The smallest absolute Gasteiger partial charge is 0.0576 e. The fraction of sp³-hybridized carbons (Fsp3) is 0.385. The van der Waals surface area contributed by atoms with E-state index in [0.717, 1.165) is 13.1 Å². The lowest BCUT2D eigenvalue weighted by atomic mass is 10.1. The minimum absolute atomic E-state index is 0.682. The van der Waals surface area contributed by atoms with Crippen molar-refractivity contribution in [1.29, 1.82) is 0 Å². The van der Waals surface area contributed by atoms with Crippen molar-refractivity contribution in [3.05, 3.63) is 29.8 Å². The molecule has 0 saturated heterocycles. The molecule has 1 aromatic rings. The molecule has 2 heteroatoms. The zero-order valence-electron chi connectivity index (χ0n) is 8.92. The van der Waals surface area contributed by atoms with Gasteiger partial charge < -0.3 is 5.32 Å². The molecule has 0 bridgehead atoms. The van der Waals surface area contributed by atoms with Gasteiger partial charge in [-0.3, -0.25) is 0 Å². The Morgan fingerprint density at radius 1 is 1.47 bits per heavy atom. The summed E-state index contributed by atoms with van der Waals surface area (Å²) in [7, 11) is 0. The summed E-state index contributed by atoms with van der Waals surface area (Å²) < 4.78 is 0. The summed E-state index contributed by atoms with van der Waals surface area (Å²) >= 11 is 1.98. The first-order valence-electron chi connectivity index (χ1n) is 5.25. The molecule has 78 valence electrons. The molecule has 1 aliphatic rings. The second kappa shape index (κ2) is 5.25. The average Bonchev–Trinajstić information content (AvgIpc) is 2.67. The largest absolute Gasteiger partial charge is 0.305 e. The Hall–Kier alpha value is -0.910. The van der Waals surface area contributed by atoms with Crippen LogP contribution in [0.2, 0.25) is 0 Å². The lowest BCUT2D eigenvalue weighted by molar-refractivity contribution is 0.719. The molecule has 1 heterocycles. The summed E-state index contributed by atoms with van der Waals surface area (Å²) in [6.45, 7) is 3.74. The average molecular weight is 217 g/mol. The molecular weight excluding hydrogens is 202 g/mol. The van der Waals surface area contributed by atoms with Crippen LogP contribution in [0.15, 0.2) is 29.2 Å². The van der Waals surface area contributed by atoms with Crippen LogP contribution in [0, 0.1) is 11.8 Å². The van der Waals surface area contributed by atoms with E-state index in [-0.39, 0.29) is 0 Å². The standard InChI is InChI=1S/C13H15NS/c1-2-3-8-14-10-12-9-11-6-4-5-7-13(11)15-12/h4-7,12,14H,8-10H2,1H3. The molecule has 0 aromatic heterocycles. The van der Waals surface area contributed by atoms with Crippen LogP contribution >= 0.6 is 11.8 Å². The summed E-state index contributed by atoms with van der Waals surface area (Å²) in [6.07, 6.45) is 1.19. The van der Waals surface area contributed by atoms with Gasteiger partial charge in [-0.2, -0.15) is 0 Å². The molecule has 0 spiro atoms. The van der Waals surface area contributed by atoms with E-state index in [4.69, 9.17) is 0 Å². The zero-order chi connectivity index (χ0) is 10.5. The molecule has 1 aliphatic heterocycles. The minimum Gasteiger partial charge on any atom is -0.305 e. The molecule has 0 amide bonds. The highest BCUT2D eigenvalue weighted by Crippen LogP contribution is 2.36. The van der Waals surface area contributed by atoms with E-state index in [0.29, 0.717) is 5.25 Å². The quantitative estimate of drug-likeness (QED) is 0.616. The van der Waals surface area contributed by atoms with Crippen LogP contribution in [0.5, 0.6) is 0 Å². The molecule has 0 radical (unpaired) electrons. The summed E-state index contributed by atoms with van der Waals surface area (Å²) in [5.74, 6) is 5.91. The van der Waals surface area contributed by atoms with Crippen LogP contribution in [0.1, 0.15) is 12.5 Å². The maximum absolute atomic E-state index is 3.37. The Morgan fingerprint density at radius 2 is 2.33 bits per heavy atom. The predicted molar refractivity (Wildman–Crippen MR) is 66.1 cm³/mol. The van der Waals surface area contributed by atoms with Crippen molar-refractivity contribution in [3.8, 4) is 11.8 Å². The summed E-state index contributed by atoms with van der Waals surface area (Å²) in [5, 5.41) is 4.05. The number of hydrogen-bond donors (Lipinski definition) is 1. The molecule has 1 aromatic carbocycles. The summed E-state index contributed by atoms with van der Waals surface area (Å²) in [6, 6.07) is 8.68. The summed E-state index contributed by atoms with van der Waals surface area (Å²) in [4.78, 5) is 1.45. The van der Waals surface area contributed by atoms with Crippen molar-refractivity contribution in [2.24, 2.45) is 0 Å². The van der Waals surface area contributed by atoms with E-state index >= 15 is 0 Å². The normalized spacial score (nSPS) is 18.1. The molecular formula is C13H15NS. The number of fused-ring (bicyclic) bond motifs is 1. The van der Waals surface area contributed by atoms with Gasteiger partial charge in [-0.1, -0.05) is 24.1 Å². The number of hydrogen-bond acceptors (Lipinski definition) is 2. The van der Waals surface area contributed by atoms with Gasteiger partial charge in [0.2, 0.25) is 0 Å². The van der Waals surface area contributed by atoms with Gasteiger partial charge >= 0.3 is 0 Å². The Bertz CT molecular complexity index is 364. The fourth-order valence-corrected chi connectivity index (χ4v) is 3.03. The van der Waals surface area contributed by atoms with Gasteiger partial charge in [0.1, 0.15) is 0 Å². The minimum atomic E-state index is 0.682. The number of benzene rings is 1. The molecule has 1 nitrogen and oxygen atoms in total. The monoisotopic (exact) mass is 217 g/mol. The Labute approximate surface area is 95.7 Å². The van der Waals surface area contributed by atoms with E-state index < -0.39 is 0 Å². The molecule has 1 N–H and O–H groups in total. The van der Waals surface area contributed by atoms with E-state index in [2.05, 4.69) is 41.4 Å². The van der Waals surface area contributed by atoms with E-state index in [1.54, 1.807) is 0 Å². The first kappa shape index (κ1) is 10.6. The maximum Gasteiger partial charge on any atom is 0.0576 e. The Morgan fingerprint density at radius 3 is 3.13 bits per heavy atom. The van der Waals surface area contributed by atoms with Gasteiger partial charge in [0.25, 0.3) is 0 Å². The lowest BCUT2D eigenvalue weighted by Crippen LogP contribution is -2.24. The van der Waals surface area contributed by atoms with Gasteiger partial charge in [-0.15, -0.1) is 17.7 Å². The number of thioether (sulfide) groups is 1. The molecule has 0 fully saturated rings. The number of rotatable bonds is 3.